The van der Waals surface area contributed by atoms with Crippen LogP contribution in [-0.2, 0) is 42.6 Å². The third-order valence-corrected chi connectivity index (χ3v) is 8.92. The number of amides is 7. The highest BCUT2D eigenvalue weighted by atomic mass is 16.5. The maximum absolute atomic E-state index is 13.1. The summed E-state index contributed by atoms with van der Waals surface area (Å²) in [6, 6.07) is 6.11. The largest absolute Gasteiger partial charge is 0.351 e. The van der Waals surface area contributed by atoms with E-state index >= 15 is 0 Å². The fourth-order valence-corrected chi connectivity index (χ4v) is 5.97. The van der Waals surface area contributed by atoms with Gasteiger partial charge in [-0.2, -0.15) is 0 Å². The number of hydrogen-bond acceptors (Lipinski definition) is 9. The van der Waals surface area contributed by atoms with Gasteiger partial charge in [0.15, 0.2) is 0 Å². The molecule has 0 saturated heterocycles. The molecule has 0 bridgehead atoms. The molecule has 0 aliphatic rings. The van der Waals surface area contributed by atoms with Crippen molar-refractivity contribution in [2.75, 3.05) is 55.0 Å². The van der Waals surface area contributed by atoms with Crippen LogP contribution >= 0.6 is 0 Å². The summed E-state index contributed by atoms with van der Waals surface area (Å²) in [6.45, 7) is 1.37. The zero-order valence-corrected chi connectivity index (χ0v) is 33.5. The van der Waals surface area contributed by atoms with Crippen molar-refractivity contribution in [2.24, 2.45) is 28.2 Å². The second kappa shape index (κ2) is 20.5. The van der Waals surface area contributed by atoms with E-state index in [1.54, 1.807) is 78.2 Å². The molecule has 20 heteroatoms. The van der Waals surface area contributed by atoms with Crippen LogP contribution in [0, 0.1) is 0 Å². The Hall–Kier alpha value is -6.67. The quantitative estimate of drug-likeness (QED) is 0.0369. The molecule has 7 amide bonds. The summed E-state index contributed by atoms with van der Waals surface area (Å²) < 4.78 is 6.26. The topological polar surface area (TPSA) is 247 Å². The minimum Gasteiger partial charge on any atom is -0.351 e. The van der Waals surface area contributed by atoms with E-state index in [4.69, 9.17) is 5.21 Å². The average molecular weight is 805 g/mol. The smallest absolute Gasteiger partial charge is 0.272 e. The van der Waals surface area contributed by atoms with Crippen LogP contribution in [0.25, 0.3) is 0 Å². The summed E-state index contributed by atoms with van der Waals surface area (Å²) >= 11 is 0. The van der Waals surface area contributed by atoms with E-state index in [2.05, 4.69) is 31.9 Å². The summed E-state index contributed by atoms with van der Waals surface area (Å²) in [4.78, 5) is 89.9. The highest BCUT2D eigenvalue weighted by Crippen LogP contribution is 2.20. The van der Waals surface area contributed by atoms with Crippen molar-refractivity contribution in [2.45, 2.75) is 38.5 Å². The first-order valence-corrected chi connectivity index (χ1v) is 18.6. The number of carbonyl (C=O) groups excluding carboxylic acids is 7. The zero-order valence-electron chi connectivity index (χ0n) is 33.5. The Morgan fingerprint density at radius 1 is 0.500 bits per heavy atom. The van der Waals surface area contributed by atoms with Crippen molar-refractivity contribution in [3.8, 4) is 0 Å². The summed E-state index contributed by atoms with van der Waals surface area (Å²) in [5.74, 6) is -2.84. The van der Waals surface area contributed by atoms with Crippen molar-refractivity contribution < 1.29 is 38.8 Å². The van der Waals surface area contributed by atoms with Gasteiger partial charge in [-0.15, -0.1) is 0 Å². The second-order valence-electron chi connectivity index (χ2n) is 14.1. The molecule has 4 aromatic rings. The Labute approximate surface area is 335 Å². The van der Waals surface area contributed by atoms with E-state index in [0.717, 1.165) is 13.0 Å². The highest BCUT2D eigenvalue weighted by molar-refractivity contribution is 6.06. The lowest BCUT2D eigenvalue weighted by Gasteiger charge is -2.10. The average Bonchev–Trinajstić information content (AvgIpc) is 3.92. The molecular weight excluding hydrogens is 752 g/mol. The van der Waals surface area contributed by atoms with Crippen molar-refractivity contribution in [3.63, 3.8) is 0 Å². The van der Waals surface area contributed by atoms with Gasteiger partial charge in [-0.25, -0.2) is 5.48 Å². The number of unbranched alkanes of at least 4 members (excludes halogenated alkanes) is 1. The number of hydrogen-bond donors (Lipinski definition) is 8. The van der Waals surface area contributed by atoms with Crippen molar-refractivity contribution >= 4 is 64.1 Å². The van der Waals surface area contributed by atoms with Gasteiger partial charge in [0.2, 0.25) is 17.7 Å². The molecule has 0 spiro atoms. The third-order valence-electron chi connectivity index (χ3n) is 8.92. The normalized spacial score (nSPS) is 10.9. The van der Waals surface area contributed by atoms with Gasteiger partial charge in [0, 0.05) is 85.3 Å². The highest BCUT2D eigenvalue weighted by Gasteiger charge is 2.19. The van der Waals surface area contributed by atoms with Gasteiger partial charge in [0.25, 0.3) is 23.6 Å². The molecule has 0 aliphatic heterocycles. The molecule has 20 nitrogen and oxygen atoms in total. The Morgan fingerprint density at radius 2 is 0.862 bits per heavy atom. The van der Waals surface area contributed by atoms with Crippen LogP contribution in [0.3, 0.4) is 0 Å². The SMILES string of the molecule is CN(C)CCCNC(=O)c1cc(NC(=O)c2cc(NC(=O)CCNC(=O)c3cc(NC(=O)c4cc(NC(=O)CCCCC(=O)NO)cn4C)cn3C)cn2C)cn1C. The van der Waals surface area contributed by atoms with Gasteiger partial charge in [0.1, 0.15) is 22.8 Å². The molecule has 0 atom stereocenters. The van der Waals surface area contributed by atoms with E-state index < -0.39 is 29.5 Å². The molecular formula is C38H52N12O8. The Bertz CT molecular complexity index is 2140. The first-order valence-electron chi connectivity index (χ1n) is 18.6. The fourth-order valence-electron chi connectivity index (χ4n) is 5.97. The molecule has 0 aliphatic carbocycles. The molecule has 0 radical (unpaired) electrons. The van der Waals surface area contributed by atoms with Gasteiger partial charge in [-0.1, -0.05) is 0 Å². The Kier molecular flexibility index (Phi) is 15.6. The van der Waals surface area contributed by atoms with Gasteiger partial charge < -0.3 is 55.1 Å². The lowest BCUT2D eigenvalue weighted by Crippen LogP contribution is -2.28. The van der Waals surface area contributed by atoms with Crippen LogP contribution in [0.5, 0.6) is 0 Å². The molecule has 0 aromatic carbocycles. The first-order chi connectivity index (χ1) is 27.5. The molecule has 58 heavy (non-hydrogen) atoms. The summed E-state index contributed by atoms with van der Waals surface area (Å²) in [5.41, 5.74) is 4.27. The fraction of sp³-hybridized carbons (Fsp3) is 0.395. The zero-order chi connectivity index (χ0) is 42.5. The predicted molar refractivity (Wildman–Crippen MR) is 216 cm³/mol. The van der Waals surface area contributed by atoms with Gasteiger partial charge in [-0.05, 0) is 64.2 Å². The molecule has 4 aromatic heterocycles. The predicted octanol–water partition coefficient (Wildman–Crippen LogP) is 1.99. The van der Waals surface area contributed by atoms with Crippen molar-refractivity contribution in [1.82, 2.24) is 39.3 Å². The number of anilines is 4. The van der Waals surface area contributed by atoms with Crippen LogP contribution < -0.4 is 37.4 Å². The molecule has 312 valence electrons. The number of aromatic nitrogens is 4. The van der Waals surface area contributed by atoms with Gasteiger partial charge >= 0.3 is 0 Å². The Morgan fingerprint density at radius 3 is 1.28 bits per heavy atom. The number of aryl methyl sites for hydroxylation is 4. The summed E-state index contributed by atoms with van der Waals surface area (Å²) in [7, 11) is 10.6. The van der Waals surface area contributed by atoms with Gasteiger partial charge in [-0.3, -0.25) is 38.8 Å². The number of nitrogens with one attached hydrogen (secondary N) is 7. The summed E-state index contributed by atoms with van der Waals surface area (Å²) in [5, 5.41) is 25.1. The van der Waals surface area contributed by atoms with Crippen LogP contribution in [0.15, 0.2) is 49.1 Å². The molecule has 0 unspecified atom stereocenters. The van der Waals surface area contributed by atoms with E-state index in [1.807, 2.05) is 19.0 Å². The monoisotopic (exact) mass is 804 g/mol. The minimum absolute atomic E-state index is 0.00707. The molecule has 0 fully saturated rings. The Balaban J connectivity index is 1.22. The molecule has 0 saturated carbocycles. The van der Waals surface area contributed by atoms with E-state index in [1.165, 1.54) is 22.8 Å². The lowest BCUT2D eigenvalue weighted by molar-refractivity contribution is -0.129. The van der Waals surface area contributed by atoms with Crippen LogP contribution in [0.4, 0.5) is 22.7 Å². The summed E-state index contributed by atoms with van der Waals surface area (Å²) in [6.07, 6.45) is 8.23. The van der Waals surface area contributed by atoms with Crippen LogP contribution in [0.1, 0.15) is 80.5 Å². The van der Waals surface area contributed by atoms with E-state index in [0.29, 0.717) is 47.8 Å². The van der Waals surface area contributed by atoms with E-state index in [9.17, 15) is 33.6 Å². The van der Waals surface area contributed by atoms with Crippen LogP contribution in [-0.4, -0.2) is 103 Å². The molecule has 4 rings (SSSR count). The number of hydroxylamine groups is 1. The standard InChI is InChI=1S/C38H52N12O8/c1-46(2)15-9-13-39-35(54)28-18-26(22-47(28)3)43-38(57)31-17-25(21-50(31)6)42-33(52)12-14-40-36(55)29-19-27(23-48(29)4)44-37(56)30-16-24(20-49(30)5)41-32(51)10-7-8-11-34(53)45-58/h16-23,58H,7-15H2,1-6H3,(H,39,54)(H,40,55)(H,41,51)(H,42,52)(H,43,57)(H,44,56)(H,45,53). The van der Waals surface area contributed by atoms with Crippen molar-refractivity contribution in [3.05, 3.63) is 71.8 Å². The first kappa shape index (κ1) is 44.0. The van der Waals surface area contributed by atoms with Crippen molar-refractivity contribution in [1.29, 1.82) is 0 Å². The van der Waals surface area contributed by atoms with Gasteiger partial charge in [0.05, 0.1) is 22.7 Å². The number of nitrogens with zero attached hydrogens (tertiary/aromatic N) is 5. The van der Waals surface area contributed by atoms with Crippen LogP contribution in [0.2, 0.25) is 0 Å². The minimum atomic E-state index is -0.523. The maximum atomic E-state index is 13.1. The maximum Gasteiger partial charge on any atom is 0.272 e. The third kappa shape index (κ3) is 12.7. The number of rotatable bonds is 20. The molecule has 8 N–H and O–H groups in total. The van der Waals surface area contributed by atoms with E-state index in [-0.39, 0.29) is 54.7 Å². The lowest BCUT2D eigenvalue weighted by atomic mass is 10.2. The second-order valence-corrected chi connectivity index (χ2v) is 14.1. The number of carbonyl (C=O) groups is 7. The molecule has 4 heterocycles.